The number of aryl methyl sites for hydroxylation is 2. The van der Waals surface area contributed by atoms with Gasteiger partial charge in [-0.15, -0.1) is 10.2 Å². The summed E-state index contributed by atoms with van der Waals surface area (Å²) in [6.07, 6.45) is 2.94. The highest BCUT2D eigenvalue weighted by atomic mass is 32.1. The third-order valence-corrected chi connectivity index (χ3v) is 5.45. The molecule has 24 heavy (non-hydrogen) atoms. The van der Waals surface area contributed by atoms with Gasteiger partial charge in [0.2, 0.25) is 16.2 Å². The molecule has 0 radical (unpaired) electrons. The summed E-state index contributed by atoms with van der Waals surface area (Å²) in [6.45, 7) is 8.64. The molecule has 0 aromatic carbocycles. The number of anilines is 1. The molecule has 130 valence electrons. The Morgan fingerprint density at radius 1 is 1.29 bits per heavy atom. The standard InChI is InChI=1S/C17H25N5OS/c1-4-9-18-15(23)14-6-5-10-21(11-14)16-19-20-17(24-16)22-12(2)7-8-13(22)3/h7-8,14H,4-6,9-11H2,1-3H3,(H,18,23)/t14-/m1/s1. The van der Waals surface area contributed by atoms with Gasteiger partial charge in [0.05, 0.1) is 5.92 Å². The van der Waals surface area contributed by atoms with Crippen LogP contribution in [0.1, 0.15) is 37.6 Å². The van der Waals surface area contributed by atoms with Gasteiger partial charge in [-0.25, -0.2) is 0 Å². The van der Waals surface area contributed by atoms with Crippen molar-refractivity contribution >= 4 is 22.4 Å². The van der Waals surface area contributed by atoms with Crippen molar-refractivity contribution in [1.29, 1.82) is 0 Å². The normalized spacial score (nSPS) is 18.0. The number of nitrogens with one attached hydrogen (secondary N) is 1. The molecule has 1 fully saturated rings. The van der Waals surface area contributed by atoms with E-state index in [4.69, 9.17) is 0 Å². The molecule has 0 aliphatic carbocycles. The van der Waals surface area contributed by atoms with E-state index in [2.05, 4.69) is 57.9 Å². The molecule has 1 saturated heterocycles. The Hall–Kier alpha value is -1.89. The summed E-state index contributed by atoms with van der Waals surface area (Å²) >= 11 is 1.59. The number of carbonyl (C=O) groups excluding carboxylic acids is 1. The van der Waals surface area contributed by atoms with Gasteiger partial charge >= 0.3 is 0 Å². The van der Waals surface area contributed by atoms with Crippen LogP contribution in [-0.4, -0.2) is 40.3 Å². The van der Waals surface area contributed by atoms with Crippen molar-refractivity contribution in [2.45, 2.75) is 40.0 Å². The Bertz CT molecular complexity index is 688. The van der Waals surface area contributed by atoms with E-state index in [0.717, 1.165) is 60.5 Å². The topological polar surface area (TPSA) is 63.1 Å². The van der Waals surface area contributed by atoms with Gasteiger partial charge in [0.25, 0.3) is 0 Å². The number of carbonyl (C=O) groups is 1. The zero-order valence-electron chi connectivity index (χ0n) is 14.6. The van der Waals surface area contributed by atoms with Crippen LogP contribution in [0.15, 0.2) is 12.1 Å². The second-order valence-corrected chi connectivity index (χ2v) is 7.33. The summed E-state index contributed by atoms with van der Waals surface area (Å²) in [7, 11) is 0. The third-order valence-electron chi connectivity index (χ3n) is 4.48. The lowest BCUT2D eigenvalue weighted by Gasteiger charge is -2.31. The van der Waals surface area contributed by atoms with Gasteiger partial charge in [-0.05, 0) is 45.2 Å². The van der Waals surface area contributed by atoms with Crippen LogP contribution in [0, 0.1) is 19.8 Å². The first-order chi connectivity index (χ1) is 11.6. The lowest BCUT2D eigenvalue weighted by atomic mass is 9.97. The largest absolute Gasteiger partial charge is 0.356 e. The van der Waals surface area contributed by atoms with E-state index >= 15 is 0 Å². The molecular formula is C17H25N5OS. The Morgan fingerprint density at radius 3 is 2.71 bits per heavy atom. The molecule has 1 amide bonds. The van der Waals surface area contributed by atoms with Gasteiger partial charge < -0.3 is 10.2 Å². The first-order valence-corrected chi connectivity index (χ1v) is 9.43. The van der Waals surface area contributed by atoms with Crippen LogP contribution in [0.2, 0.25) is 0 Å². The summed E-state index contributed by atoms with van der Waals surface area (Å²) in [6, 6.07) is 4.18. The van der Waals surface area contributed by atoms with Gasteiger partial charge in [0, 0.05) is 31.0 Å². The van der Waals surface area contributed by atoms with Crippen molar-refractivity contribution in [2.24, 2.45) is 5.92 Å². The molecule has 1 atom stereocenters. The number of piperidine rings is 1. The lowest BCUT2D eigenvalue weighted by molar-refractivity contribution is -0.125. The van der Waals surface area contributed by atoms with Gasteiger partial charge in [-0.3, -0.25) is 9.36 Å². The van der Waals surface area contributed by atoms with Crippen LogP contribution in [0.4, 0.5) is 5.13 Å². The molecule has 0 spiro atoms. The summed E-state index contributed by atoms with van der Waals surface area (Å²) < 4.78 is 2.12. The molecule has 0 unspecified atom stereocenters. The summed E-state index contributed by atoms with van der Waals surface area (Å²) in [5.74, 6) is 0.219. The van der Waals surface area contributed by atoms with Gasteiger partial charge in [0.15, 0.2) is 0 Å². The minimum absolute atomic E-state index is 0.0488. The minimum atomic E-state index is 0.0488. The van der Waals surface area contributed by atoms with Gasteiger partial charge in [-0.2, -0.15) is 0 Å². The Morgan fingerprint density at radius 2 is 2.00 bits per heavy atom. The predicted octanol–water partition coefficient (Wildman–Crippen LogP) is 2.69. The van der Waals surface area contributed by atoms with E-state index in [1.807, 2.05) is 0 Å². The maximum absolute atomic E-state index is 12.2. The van der Waals surface area contributed by atoms with E-state index in [1.54, 1.807) is 11.3 Å². The average molecular weight is 347 g/mol. The number of rotatable bonds is 5. The maximum atomic E-state index is 12.2. The Labute approximate surface area is 146 Å². The molecule has 7 heteroatoms. The zero-order valence-corrected chi connectivity index (χ0v) is 15.4. The van der Waals surface area contributed by atoms with Crippen LogP contribution in [0.5, 0.6) is 0 Å². The molecule has 3 heterocycles. The fourth-order valence-electron chi connectivity index (χ4n) is 3.15. The molecule has 1 N–H and O–H groups in total. The number of hydrogen-bond donors (Lipinski definition) is 1. The van der Waals surface area contributed by atoms with Crippen molar-refractivity contribution in [3.63, 3.8) is 0 Å². The molecule has 2 aromatic rings. The first-order valence-electron chi connectivity index (χ1n) is 8.61. The monoisotopic (exact) mass is 347 g/mol. The number of aromatic nitrogens is 3. The van der Waals surface area contributed by atoms with Crippen molar-refractivity contribution in [3.05, 3.63) is 23.5 Å². The summed E-state index contributed by atoms with van der Waals surface area (Å²) in [5.41, 5.74) is 2.32. The summed E-state index contributed by atoms with van der Waals surface area (Å²) in [4.78, 5) is 14.4. The second kappa shape index (κ2) is 7.34. The maximum Gasteiger partial charge on any atom is 0.224 e. The van der Waals surface area contributed by atoms with E-state index in [-0.39, 0.29) is 11.8 Å². The van der Waals surface area contributed by atoms with Crippen LogP contribution in [0.3, 0.4) is 0 Å². The average Bonchev–Trinajstić information content (AvgIpc) is 3.19. The molecule has 6 nitrogen and oxygen atoms in total. The first kappa shape index (κ1) is 17.0. The lowest BCUT2D eigenvalue weighted by Crippen LogP contribution is -2.43. The quantitative estimate of drug-likeness (QED) is 0.903. The molecule has 2 aromatic heterocycles. The highest BCUT2D eigenvalue weighted by Crippen LogP contribution is 2.29. The third kappa shape index (κ3) is 3.45. The summed E-state index contributed by atoms with van der Waals surface area (Å²) in [5, 5.41) is 13.6. The highest BCUT2D eigenvalue weighted by molar-refractivity contribution is 7.17. The van der Waals surface area contributed by atoms with Crippen LogP contribution in [0.25, 0.3) is 5.13 Å². The second-order valence-electron chi connectivity index (χ2n) is 6.39. The number of amides is 1. The Balaban J connectivity index is 1.72. The van der Waals surface area contributed by atoms with E-state index in [1.165, 1.54) is 0 Å². The fourth-order valence-corrected chi connectivity index (χ4v) is 4.15. The van der Waals surface area contributed by atoms with Crippen LogP contribution < -0.4 is 10.2 Å². The molecule has 1 aliphatic rings. The molecule has 0 saturated carbocycles. The van der Waals surface area contributed by atoms with Crippen LogP contribution in [-0.2, 0) is 4.79 Å². The number of nitrogens with zero attached hydrogens (tertiary/aromatic N) is 4. The van der Waals surface area contributed by atoms with Crippen molar-refractivity contribution in [2.75, 3.05) is 24.5 Å². The minimum Gasteiger partial charge on any atom is -0.356 e. The number of hydrogen-bond acceptors (Lipinski definition) is 5. The van der Waals surface area contributed by atoms with Crippen molar-refractivity contribution in [3.8, 4) is 5.13 Å². The van der Waals surface area contributed by atoms with Gasteiger partial charge in [-0.1, -0.05) is 18.3 Å². The zero-order chi connectivity index (χ0) is 17.1. The smallest absolute Gasteiger partial charge is 0.224 e. The molecule has 0 bridgehead atoms. The SMILES string of the molecule is CCCNC(=O)[C@@H]1CCCN(c2nnc(-n3c(C)ccc3C)s2)C1. The highest BCUT2D eigenvalue weighted by Gasteiger charge is 2.27. The fraction of sp³-hybridized carbons (Fsp3) is 0.588. The molecule has 3 rings (SSSR count). The van der Waals surface area contributed by atoms with Crippen molar-refractivity contribution < 1.29 is 4.79 Å². The van der Waals surface area contributed by atoms with E-state index in [9.17, 15) is 4.79 Å². The van der Waals surface area contributed by atoms with E-state index in [0.29, 0.717) is 0 Å². The van der Waals surface area contributed by atoms with E-state index < -0.39 is 0 Å². The molecular weight excluding hydrogens is 322 g/mol. The molecule has 1 aliphatic heterocycles. The van der Waals surface area contributed by atoms with Gasteiger partial charge in [0.1, 0.15) is 0 Å². The van der Waals surface area contributed by atoms with Crippen molar-refractivity contribution in [1.82, 2.24) is 20.1 Å². The predicted molar refractivity (Wildman–Crippen MR) is 96.9 cm³/mol. The van der Waals surface area contributed by atoms with Crippen LogP contribution >= 0.6 is 11.3 Å². The Kier molecular flexibility index (Phi) is 5.18.